The summed E-state index contributed by atoms with van der Waals surface area (Å²) in [7, 11) is 0. The van der Waals surface area contributed by atoms with Gasteiger partial charge in [0.1, 0.15) is 4.88 Å². The van der Waals surface area contributed by atoms with Crippen LogP contribution in [0.1, 0.15) is 48.2 Å². The molecular formula is C14H18BrNOS. The Morgan fingerprint density at radius 2 is 2.06 bits per heavy atom. The first kappa shape index (κ1) is 12.7. The molecule has 0 radical (unpaired) electrons. The molecule has 1 aliphatic carbocycles. The Hall–Kier alpha value is -0.350. The summed E-state index contributed by atoms with van der Waals surface area (Å²) in [6.07, 6.45) is 7.66. The first-order chi connectivity index (χ1) is 8.77. The minimum absolute atomic E-state index is 0.244. The van der Waals surface area contributed by atoms with Gasteiger partial charge in [0.15, 0.2) is 0 Å². The monoisotopic (exact) mass is 327 g/mol. The summed E-state index contributed by atoms with van der Waals surface area (Å²) in [5.74, 6) is 1.00. The summed E-state index contributed by atoms with van der Waals surface area (Å²) in [4.78, 5) is 15.7. The van der Waals surface area contributed by atoms with Crippen molar-refractivity contribution in [2.45, 2.75) is 44.6 Å². The topological polar surface area (TPSA) is 20.3 Å². The van der Waals surface area contributed by atoms with Crippen LogP contribution in [-0.4, -0.2) is 23.4 Å². The zero-order chi connectivity index (χ0) is 12.5. The van der Waals surface area contributed by atoms with Gasteiger partial charge in [0.2, 0.25) is 0 Å². The second kappa shape index (κ2) is 5.33. The van der Waals surface area contributed by atoms with E-state index < -0.39 is 0 Å². The number of hydrogen-bond donors (Lipinski definition) is 0. The van der Waals surface area contributed by atoms with E-state index in [1.807, 2.05) is 11.4 Å². The van der Waals surface area contributed by atoms with Crippen LogP contribution >= 0.6 is 27.3 Å². The Kier molecular flexibility index (Phi) is 3.76. The second-order valence-electron chi connectivity index (χ2n) is 5.35. The van der Waals surface area contributed by atoms with Crippen LogP contribution in [0.5, 0.6) is 0 Å². The van der Waals surface area contributed by atoms with Crippen LogP contribution in [0, 0.1) is 5.92 Å². The highest BCUT2D eigenvalue weighted by molar-refractivity contribution is 9.10. The third-order valence-corrected chi connectivity index (χ3v) is 6.14. The van der Waals surface area contributed by atoms with Gasteiger partial charge in [-0.25, -0.2) is 0 Å². The fourth-order valence-corrected chi connectivity index (χ4v) is 4.95. The fourth-order valence-electron chi connectivity index (χ4n) is 3.45. The van der Waals surface area contributed by atoms with E-state index in [0.717, 1.165) is 21.8 Å². The van der Waals surface area contributed by atoms with Crippen molar-refractivity contribution in [2.24, 2.45) is 5.92 Å². The highest BCUT2D eigenvalue weighted by Crippen LogP contribution is 2.37. The molecule has 2 heterocycles. The molecule has 0 N–H and O–H groups in total. The smallest absolute Gasteiger partial charge is 0.265 e. The average Bonchev–Trinajstić information content (AvgIpc) is 2.83. The van der Waals surface area contributed by atoms with Gasteiger partial charge in [-0.3, -0.25) is 4.79 Å². The number of halogens is 1. The molecule has 0 bridgehead atoms. The molecule has 2 aliphatic rings. The summed E-state index contributed by atoms with van der Waals surface area (Å²) in [6.45, 7) is 0.949. The van der Waals surface area contributed by atoms with E-state index in [0.29, 0.717) is 6.04 Å². The van der Waals surface area contributed by atoms with E-state index in [-0.39, 0.29) is 5.91 Å². The Balaban J connectivity index is 1.82. The van der Waals surface area contributed by atoms with Crippen molar-refractivity contribution in [3.63, 3.8) is 0 Å². The van der Waals surface area contributed by atoms with Crippen LogP contribution < -0.4 is 0 Å². The van der Waals surface area contributed by atoms with Gasteiger partial charge >= 0.3 is 0 Å². The molecule has 0 spiro atoms. The van der Waals surface area contributed by atoms with Crippen molar-refractivity contribution in [1.29, 1.82) is 0 Å². The molecule has 0 aromatic carbocycles. The molecule has 4 heteroatoms. The molecule has 1 amide bonds. The Morgan fingerprint density at radius 3 is 2.83 bits per heavy atom. The molecule has 2 nitrogen and oxygen atoms in total. The Bertz CT molecular complexity index is 443. The number of hydrogen-bond acceptors (Lipinski definition) is 2. The molecule has 3 rings (SSSR count). The normalized spacial score (nSPS) is 27.9. The lowest BCUT2D eigenvalue weighted by Gasteiger charge is -2.44. The summed E-state index contributed by atoms with van der Waals surface area (Å²) < 4.78 is 0.954. The average molecular weight is 328 g/mol. The van der Waals surface area contributed by atoms with Crippen LogP contribution in [-0.2, 0) is 0 Å². The number of thiophene rings is 1. The molecule has 1 aromatic heterocycles. The summed E-state index contributed by atoms with van der Waals surface area (Å²) in [6, 6.07) is 2.48. The lowest BCUT2D eigenvalue weighted by Crippen LogP contribution is -2.49. The fraction of sp³-hybridized carbons (Fsp3) is 0.643. The van der Waals surface area contributed by atoms with Gasteiger partial charge in [0.05, 0.1) is 0 Å². The van der Waals surface area contributed by atoms with Gasteiger partial charge < -0.3 is 4.90 Å². The highest BCUT2D eigenvalue weighted by Gasteiger charge is 2.36. The van der Waals surface area contributed by atoms with E-state index in [1.165, 1.54) is 38.5 Å². The predicted molar refractivity (Wildman–Crippen MR) is 78.0 cm³/mol. The lowest BCUT2D eigenvalue weighted by molar-refractivity contribution is 0.0394. The van der Waals surface area contributed by atoms with E-state index in [9.17, 15) is 4.79 Å². The number of carbonyl (C=O) groups excluding carboxylic acids is 1. The van der Waals surface area contributed by atoms with Crippen LogP contribution in [0.25, 0.3) is 0 Å². The largest absolute Gasteiger partial charge is 0.335 e. The minimum Gasteiger partial charge on any atom is -0.335 e. The van der Waals surface area contributed by atoms with E-state index in [4.69, 9.17) is 0 Å². The van der Waals surface area contributed by atoms with Crippen molar-refractivity contribution in [2.75, 3.05) is 6.54 Å². The van der Waals surface area contributed by atoms with Crippen molar-refractivity contribution in [1.82, 2.24) is 4.90 Å². The number of nitrogens with zero attached hydrogens (tertiary/aromatic N) is 1. The molecule has 1 saturated carbocycles. The maximum Gasteiger partial charge on any atom is 0.265 e. The molecule has 98 valence electrons. The molecule has 18 heavy (non-hydrogen) atoms. The summed E-state index contributed by atoms with van der Waals surface area (Å²) in [5, 5.41) is 1.99. The van der Waals surface area contributed by atoms with Crippen LogP contribution in [0.15, 0.2) is 15.9 Å². The summed E-state index contributed by atoms with van der Waals surface area (Å²) >= 11 is 5.04. The molecule has 1 aromatic rings. The van der Waals surface area contributed by atoms with E-state index in [1.54, 1.807) is 11.3 Å². The minimum atomic E-state index is 0.244. The molecule has 0 unspecified atom stereocenters. The highest BCUT2D eigenvalue weighted by atomic mass is 79.9. The van der Waals surface area contributed by atoms with E-state index >= 15 is 0 Å². The SMILES string of the molecule is O=C(c1sccc1Br)N1CCC[C@H]2CCCC[C@H]21. The number of likely N-dealkylation sites (tertiary alicyclic amines) is 1. The molecule has 2 fully saturated rings. The van der Waals surface area contributed by atoms with Crippen LogP contribution in [0.3, 0.4) is 0 Å². The van der Waals surface area contributed by atoms with Crippen LogP contribution in [0.2, 0.25) is 0 Å². The Morgan fingerprint density at radius 1 is 1.28 bits per heavy atom. The van der Waals surface area contributed by atoms with Crippen molar-refractivity contribution in [3.05, 3.63) is 20.8 Å². The number of rotatable bonds is 1. The Labute approximate surface area is 120 Å². The maximum atomic E-state index is 12.6. The third kappa shape index (κ3) is 2.25. The first-order valence-corrected chi connectivity index (χ1v) is 8.48. The number of carbonyl (C=O) groups is 1. The predicted octanol–water partition coefficient (Wildman–Crippen LogP) is 4.31. The van der Waals surface area contributed by atoms with Crippen molar-refractivity contribution < 1.29 is 4.79 Å². The maximum absolute atomic E-state index is 12.6. The van der Waals surface area contributed by atoms with Crippen molar-refractivity contribution in [3.8, 4) is 0 Å². The van der Waals surface area contributed by atoms with Crippen molar-refractivity contribution >= 4 is 33.2 Å². The van der Waals surface area contributed by atoms with Gasteiger partial charge in [-0.05, 0) is 59.0 Å². The number of fused-ring (bicyclic) bond motifs is 1. The molecular weight excluding hydrogens is 310 g/mol. The summed E-state index contributed by atoms with van der Waals surface area (Å²) in [5.41, 5.74) is 0. The van der Waals surface area contributed by atoms with Gasteiger partial charge in [-0.15, -0.1) is 11.3 Å². The first-order valence-electron chi connectivity index (χ1n) is 6.81. The van der Waals surface area contributed by atoms with Gasteiger partial charge in [0, 0.05) is 17.1 Å². The molecule has 2 atom stereocenters. The van der Waals surface area contributed by atoms with Gasteiger partial charge in [-0.2, -0.15) is 0 Å². The lowest BCUT2D eigenvalue weighted by atomic mass is 9.78. The molecule has 1 saturated heterocycles. The molecule has 1 aliphatic heterocycles. The standard InChI is InChI=1S/C14H18BrNOS/c15-11-7-9-18-13(11)14(17)16-8-3-5-10-4-1-2-6-12(10)16/h7,9-10,12H,1-6,8H2/t10-,12-/m1/s1. The number of amides is 1. The third-order valence-electron chi connectivity index (χ3n) is 4.32. The van der Waals surface area contributed by atoms with Gasteiger partial charge in [-0.1, -0.05) is 12.8 Å². The number of piperidine rings is 1. The van der Waals surface area contributed by atoms with Gasteiger partial charge in [0.25, 0.3) is 5.91 Å². The van der Waals surface area contributed by atoms with Crippen LogP contribution in [0.4, 0.5) is 0 Å². The van der Waals surface area contributed by atoms with E-state index in [2.05, 4.69) is 20.8 Å². The quantitative estimate of drug-likeness (QED) is 0.752. The second-order valence-corrected chi connectivity index (χ2v) is 7.12. The zero-order valence-corrected chi connectivity index (χ0v) is 12.8. The zero-order valence-electron chi connectivity index (χ0n) is 10.4.